The maximum Gasteiger partial charge on any atom is 0.320 e. The molecule has 1 fully saturated rings. The SMILES string of the molecule is COc1cccc(NC(=O)NCC(O)[C@H]2COC(C)(C)O2)n1. The molecule has 1 aliphatic rings. The van der Waals surface area contributed by atoms with E-state index in [1.165, 1.54) is 7.11 Å². The first-order valence-electron chi connectivity index (χ1n) is 6.95. The molecule has 3 N–H and O–H groups in total. The molecule has 1 unspecified atom stereocenters. The molecule has 0 spiro atoms. The van der Waals surface area contributed by atoms with Gasteiger partial charge in [-0.2, -0.15) is 4.98 Å². The summed E-state index contributed by atoms with van der Waals surface area (Å²) in [5.41, 5.74) is 0. The summed E-state index contributed by atoms with van der Waals surface area (Å²) < 4.78 is 15.9. The van der Waals surface area contributed by atoms with E-state index in [0.717, 1.165) is 0 Å². The number of methoxy groups -OCH3 is 1. The van der Waals surface area contributed by atoms with Gasteiger partial charge in [0.05, 0.1) is 19.8 Å². The maximum absolute atomic E-state index is 11.8. The third kappa shape index (κ3) is 4.55. The van der Waals surface area contributed by atoms with Gasteiger partial charge in [0.2, 0.25) is 5.88 Å². The van der Waals surface area contributed by atoms with Crippen molar-refractivity contribution in [1.82, 2.24) is 10.3 Å². The Labute approximate surface area is 128 Å². The minimum absolute atomic E-state index is 0.0416. The number of pyridine rings is 1. The lowest BCUT2D eigenvalue weighted by Gasteiger charge is -2.20. The van der Waals surface area contributed by atoms with Crippen LogP contribution in [0.15, 0.2) is 18.2 Å². The molecule has 0 saturated carbocycles. The number of ether oxygens (including phenoxy) is 3. The Morgan fingerprint density at radius 2 is 2.36 bits per heavy atom. The number of aliphatic hydroxyl groups is 1. The van der Waals surface area contributed by atoms with E-state index in [0.29, 0.717) is 11.7 Å². The number of hydrogen-bond donors (Lipinski definition) is 3. The first-order chi connectivity index (χ1) is 10.4. The molecule has 1 saturated heterocycles. The lowest BCUT2D eigenvalue weighted by Crippen LogP contribution is -2.42. The number of rotatable bonds is 5. The van der Waals surface area contributed by atoms with Crippen molar-refractivity contribution in [2.75, 3.05) is 25.6 Å². The summed E-state index contributed by atoms with van der Waals surface area (Å²) in [5.74, 6) is 0.0443. The smallest absolute Gasteiger partial charge is 0.320 e. The van der Waals surface area contributed by atoms with Gasteiger partial charge in [0, 0.05) is 12.6 Å². The molecule has 2 heterocycles. The summed E-state index contributed by atoms with van der Waals surface area (Å²) in [6.45, 7) is 3.87. The van der Waals surface area contributed by atoms with Crippen molar-refractivity contribution in [3.05, 3.63) is 18.2 Å². The zero-order chi connectivity index (χ0) is 16.2. The molecule has 2 amide bonds. The highest BCUT2D eigenvalue weighted by atomic mass is 16.7. The van der Waals surface area contributed by atoms with Gasteiger partial charge in [-0.05, 0) is 19.9 Å². The average Bonchev–Trinajstić information content (AvgIpc) is 2.85. The summed E-state index contributed by atoms with van der Waals surface area (Å²) >= 11 is 0. The number of anilines is 1. The molecule has 2 atom stereocenters. The molecular weight excluding hydrogens is 290 g/mol. The van der Waals surface area contributed by atoms with Crippen molar-refractivity contribution in [2.45, 2.75) is 31.8 Å². The predicted octanol–water partition coefficient (Wildman–Crippen LogP) is 0.724. The van der Waals surface area contributed by atoms with Crippen molar-refractivity contribution in [3.63, 3.8) is 0 Å². The summed E-state index contributed by atoms with van der Waals surface area (Å²) in [5, 5.41) is 15.1. The first-order valence-corrected chi connectivity index (χ1v) is 6.95. The summed E-state index contributed by atoms with van der Waals surface area (Å²) in [4.78, 5) is 15.8. The molecule has 8 heteroatoms. The Balaban J connectivity index is 1.77. The maximum atomic E-state index is 11.8. The van der Waals surface area contributed by atoms with E-state index in [2.05, 4.69) is 15.6 Å². The lowest BCUT2D eigenvalue weighted by molar-refractivity contribution is -0.150. The van der Waals surface area contributed by atoms with Crippen molar-refractivity contribution in [2.24, 2.45) is 0 Å². The van der Waals surface area contributed by atoms with Crippen molar-refractivity contribution in [1.29, 1.82) is 0 Å². The van der Waals surface area contributed by atoms with E-state index in [-0.39, 0.29) is 13.2 Å². The third-order valence-electron chi connectivity index (χ3n) is 3.11. The minimum atomic E-state index is -0.856. The van der Waals surface area contributed by atoms with E-state index in [9.17, 15) is 9.90 Å². The number of nitrogens with one attached hydrogen (secondary N) is 2. The number of aliphatic hydroxyl groups excluding tert-OH is 1. The van der Waals surface area contributed by atoms with Crippen LogP contribution in [0.4, 0.5) is 10.6 Å². The molecule has 0 radical (unpaired) electrons. The number of aromatic nitrogens is 1. The van der Waals surface area contributed by atoms with Gasteiger partial charge in [-0.3, -0.25) is 5.32 Å². The quantitative estimate of drug-likeness (QED) is 0.741. The largest absolute Gasteiger partial charge is 0.481 e. The van der Waals surface area contributed by atoms with Crippen LogP contribution in [0.25, 0.3) is 0 Å². The van der Waals surface area contributed by atoms with Crippen LogP contribution in [0.3, 0.4) is 0 Å². The van der Waals surface area contributed by atoms with Crippen LogP contribution in [-0.2, 0) is 9.47 Å². The first kappa shape index (κ1) is 16.5. The van der Waals surface area contributed by atoms with E-state index in [4.69, 9.17) is 14.2 Å². The van der Waals surface area contributed by atoms with Crippen LogP contribution in [0, 0.1) is 0 Å². The van der Waals surface area contributed by atoms with Gasteiger partial charge in [0.25, 0.3) is 0 Å². The number of amides is 2. The Morgan fingerprint density at radius 3 is 3.00 bits per heavy atom. The number of hydrogen-bond acceptors (Lipinski definition) is 6. The van der Waals surface area contributed by atoms with E-state index in [1.807, 2.05) is 0 Å². The Morgan fingerprint density at radius 1 is 1.59 bits per heavy atom. The lowest BCUT2D eigenvalue weighted by atomic mass is 10.2. The minimum Gasteiger partial charge on any atom is -0.481 e. The molecule has 0 bridgehead atoms. The molecular formula is C14H21N3O5. The molecule has 2 rings (SSSR count). The standard InChI is InChI=1S/C14H21N3O5/c1-14(2)21-8-10(22-14)9(18)7-15-13(19)17-11-5-4-6-12(16-11)20-3/h4-6,9-10,18H,7-8H2,1-3H3,(H2,15,16,17,19)/t9?,10-/m1/s1. The summed E-state index contributed by atoms with van der Waals surface area (Å²) in [6, 6.07) is 4.54. The Bertz CT molecular complexity index is 523. The second-order valence-corrected chi connectivity index (χ2v) is 5.33. The fourth-order valence-electron chi connectivity index (χ4n) is 1.99. The van der Waals surface area contributed by atoms with E-state index < -0.39 is 24.0 Å². The number of carbonyl (C=O) groups is 1. The fraction of sp³-hybridized carbons (Fsp3) is 0.571. The van der Waals surface area contributed by atoms with Gasteiger partial charge < -0.3 is 24.6 Å². The Kier molecular flexibility index (Phi) is 5.17. The fourth-order valence-corrected chi connectivity index (χ4v) is 1.99. The van der Waals surface area contributed by atoms with E-state index in [1.54, 1.807) is 32.0 Å². The molecule has 1 aliphatic heterocycles. The normalized spacial score (nSPS) is 21.2. The molecule has 1 aromatic heterocycles. The zero-order valence-corrected chi connectivity index (χ0v) is 12.8. The second-order valence-electron chi connectivity index (χ2n) is 5.33. The zero-order valence-electron chi connectivity index (χ0n) is 12.8. The number of urea groups is 1. The topological polar surface area (TPSA) is 102 Å². The highest BCUT2D eigenvalue weighted by Gasteiger charge is 2.36. The van der Waals surface area contributed by atoms with Gasteiger partial charge in [-0.15, -0.1) is 0 Å². The van der Waals surface area contributed by atoms with Gasteiger partial charge in [0.1, 0.15) is 11.9 Å². The van der Waals surface area contributed by atoms with Crippen LogP contribution < -0.4 is 15.4 Å². The molecule has 1 aromatic rings. The predicted molar refractivity (Wildman–Crippen MR) is 78.7 cm³/mol. The highest BCUT2D eigenvalue weighted by molar-refractivity contribution is 5.88. The van der Waals surface area contributed by atoms with Gasteiger partial charge in [0.15, 0.2) is 5.79 Å². The van der Waals surface area contributed by atoms with Crippen molar-refractivity contribution < 1.29 is 24.1 Å². The molecule has 0 aromatic carbocycles. The van der Waals surface area contributed by atoms with Crippen LogP contribution in [-0.4, -0.2) is 54.4 Å². The second kappa shape index (κ2) is 6.91. The van der Waals surface area contributed by atoms with Crippen molar-refractivity contribution in [3.8, 4) is 5.88 Å². The van der Waals surface area contributed by atoms with Gasteiger partial charge in [-0.1, -0.05) is 6.07 Å². The van der Waals surface area contributed by atoms with Crippen LogP contribution in [0.2, 0.25) is 0 Å². The molecule has 8 nitrogen and oxygen atoms in total. The molecule has 122 valence electrons. The van der Waals surface area contributed by atoms with Crippen LogP contribution in [0.1, 0.15) is 13.8 Å². The van der Waals surface area contributed by atoms with Crippen LogP contribution >= 0.6 is 0 Å². The monoisotopic (exact) mass is 311 g/mol. The van der Waals surface area contributed by atoms with Gasteiger partial charge in [-0.25, -0.2) is 4.79 Å². The average molecular weight is 311 g/mol. The number of nitrogens with zero attached hydrogens (tertiary/aromatic N) is 1. The summed E-state index contributed by atoms with van der Waals surface area (Å²) in [7, 11) is 1.49. The van der Waals surface area contributed by atoms with Crippen LogP contribution in [0.5, 0.6) is 5.88 Å². The third-order valence-corrected chi connectivity index (χ3v) is 3.11. The van der Waals surface area contributed by atoms with Crippen molar-refractivity contribution >= 4 is 11.8 Å². The Hall–Kier alpha value is -1.90. The molecule has 0 aliphatic carbocycles. The molecule has 22 heavy (non-hydrogen) atoms. The highest BCUT2D eigenvalue weighted by Crippen LogP contribution is 2.23. The van der Waals surface area contributed by atoms with E-state index >= 15 is 0 Å². The van der Waals surface area contributed by atoms with Gasteiger partial charge >= 0.3 is 6.03 Å². The summed E-state index contributed by atoms with van der Waals surface area (Å²) in [6.07, 6.45) is -1.32. The number of carbonyl (C=O) groups excluding carboxylic acids is 1.